The molecular formula is C28H30N6O2. The number of aryl methyl sites for hydroxylation is 2. The van der Waals surface area contributed by atoms with Crippen LogP contribution in [-0.4, -0.2) is 64.2 Å². The number of fused-ring (bicyclic) bond motifs is 1. The zero-order valence-electron chi connectivity index (χ0n) is 20.6. The Morgan fingerprint density at radius 3 is 2.31 bits per heavy atom. The molecule has 4 aromatic rings. The lowest BCUT2D eigenvalue weighted by molar-refractivity contribution is -0.131. The molecule has 0 atom stereocenters. The SMILES string of the molecule is Cc1nn(C)c2nc(-c3ccccc3)cc(C(=O)NCCC(=O)N3CCN(c4ccccc4)CC3)c12. The van der Waals surface area contributed by atoms with Gasteiger partial charge in [0.1, 0.15) is 0 Å². The molecule has 0 bridgehead atoms. The van der Waals surface area contributed by atoms with Crippen LogP contribution in [0.2, 0.25) is 0 Å². The molecule has 0 saturated carbocycles. The Morgan fingerprint density at radius 2 is 1.61 bits per heavy atom. The molecule has 3 heterocycles. The van der Waals surface area contributed by atoms with Crippen LogP contribution in [0.15, 0.2) is 66.7 Å². The van der Waals surface area contributed by atoms with Crippen molar-refractivity contribution in [2.75, 3.05) is 37.6 Å². The van der Waals surface area contributed by atoms with Crippen LogP contribution in [0, 0.1) is 6.92 Å². The van der Waals surface area contributed by atoms with Gasteiger partial charge in [0, 0.05) is 57.4 Å². The monoisotopic (exact) mass is 482 g/mol. The van der Waals surface area contributed by atoms with Gasteiger partial charge < -0.3 is 15.1 Å². The van der Waals surface area contributed by atoms with Gasteiger partial charge in [-0.3, -0.25) is 14.3 Å². The summed E-state index contributed by atoms with van der Waals surface area (Å²) in [5.41, 5.74) is 4.75. The van der Waals surface area contributed by atoms with E-state index in [2.05, 4.69) is 27.4 Å². The number of rotatable bonds is 6. The van der Waals surface area contributed by atoms with Crippen molar-refractivity contribution in [1.82, 2.24) is 25.0 Å². The second-order valence-electron chi connectivity index (χ2n) is 9.04. The van der Waals surface area contributed by atoms with E-state index < -0.39 is 0 Å². The number of nitrogens with zero attached hydrogens (tertiary/aromatic N) is 5. The summed E-state index contributed by atoms with van der Waals surface area (Å²) in [6.07, 6.45) is 0.267. The predicted molar refractivity (Wildman–Crippen MR) is 141 cm³/mol. The van der Waals surface area contributed by atoms with Gasteiger partial charge in [0.05, 0.1) is 22.3 Å². The van der Waals surface area contributed by atoms with Crippen LogP contribution < -0.4 is 10.2 Å². The van der Waals surface area contributed by atoms with Crippen molar-refractivity contribution in [3.63, 3.8) is 0 Å². The molecule has 1 aliphatic rings. The molecule has 1 N–H and O–H groups in total. The number of amides is 2. The highest BCUT2D eigenvalue weighted by atomic mass is 16.2. The molecule has 2 amide bonds. The Balaban J connectivity index is 1.23. The van der Waals surface area contributed by atoms with E-state index in [0.29, 0.717) is 30.0 Å². The van der Waals surface area contributed by atoms with Crippen LogP contribution in [0.1, 0.15) is 22.5 Å². The first-order valence-corrected chi connectivity index (χ1v) is 12.3. The Kier molecular flexibility index (Phi) is 6.66. The first-order valence-electron chi connectivity index (χ1n) is 12.3. The number of hydrogen-bond donors (Lipinski definition) is 1. The third-order valence-corrected chi connectivity index (χ3v) is 6.66. The molecule has 1 aliphatic heterocycles. The number of carbonyl (C=O) groups excluding carboxylic acids is 2. The maximum atomic E-state index is 13.3. The average molecular weight is 483 g/mol. The summed E-state index contributed by atoms with van der Waals surface area (Å²) in [4.78, 5) is 35.0. The first kappa shape index (κ1) is 23.5. The Hall–Kier alpha value is -4.20. The van der Waals surface area contributed by atoms with Crippen LogP contribution in [0.4, 0.5) is 5.69 Å². The lowest BCUT2D eigenvalue weighted by Crippen LogP contribution is -2.49. The van der Waals surface area contributed by atoms with E-state index in [0.717, 1.165) is 29.7 Å². The van der Waals surface area contributed by atoms with E-state index in [1.807, 2.05) is 73.5 Å². The fourth-order valence-electron chi connectivity index (χ4n) is 4.77. The largest absolute Gasteiger partial charge is 0.368 e. The fourth-order valence-corrected chi connectivity index (χ4v) is 4.77. The first-order chi connectivity index (χ1) is 17.5. The van der Waals surface area contributed by atoms with Gasteiger partial charge in [-0.05, 0) is 25.1 Å². The normalized spacial score (nSPS) is 13.7. The van der Waals surface area contributed by atoms with Crippen LogP contribution in [0.5, 0.6) is 0 Å². The Morgan fingerprint density at radius 1 is 0.944 bits per heavy atom. The molecule has 2 aromatic carbocycles. The smallest absolute Gasteiger partial charge is 0.252 e. The zero-order chi connectivity index (χ0) is 25.1. The molecule has 0 aliphatic carbocycles. The van der Waals surface area contributed by atoms with Crippen molar-refractivity contribution in [1.29, 1.82) is 0 Å². The number of carbonyl (C=O) groups is 2. The summed E-state index contributed by atoms with van der Waals surface area (Å²) >= 11 is 0. The third-order valence-electron chi connectivity index (χ3n) is 6.66. The van der Waals surface area contributed by atoms with E-state index in [1.165, 1.54) is 5.69 Å². The van der Waals surface area contributed by atoms with Crippen LogP contribution >= 0.6 is 0 Å². The summed E-state index contributed by atoms with van der Waals surface area (Å²) in [5, 5.41) is 8.16. The molecular weight excluding hydrogens is 452 g/mol. The van der Waals surface area contributed by atoms with Crippen molar-refractivity contribution in [3.05, 3.63) is 78.0 Å². The van der Waals surface area contributed by atoms with Crippen LogP contribution in [-0.2, 0) is 11.8 Å². The molecule has 0 unspecified atom stereocenters. The Labute approximate surface area is 210 Å². The van der Waals surface area contributed by atoms with E-state index in [-0.39, 0.29) is 24.8 Å². The van der Waals surface area contributed by atoms with E-state index in [9.17, 15) is 9.59 Å². The van der Waals surface area contributed by atoms with Gasteiger partial charge in [-0.15, -0.1) is 0 Å². The molecule has 0 spiro atoms. The van der Waals surface area contributed by atoms with Gasteiger partial charge in [-0.2, -0.15) is 5.10 Å². The molecule has 184 valence electrons. The standard InChI is InChI=1S/C28H30N6O2/c1-20-26-23(19-24(21-9-5-3-6-10-21)30-27(26)32(2)31-20)28(36)29-14-13-25(35)34-17-15-33(16-18-34)22-11-7-4-8-12-22/h3-12,19H,13-18H2,1-2H3,(H,29,36). The maximum absolute atomic E-state index is 13.3. The highest BCUT2D eigenvalue weighted by Gasteiger charge is 2.22. The van der Waals surface area contributed by atoms with E-state index in [4.69, 9.17) is 4.98 Å². The van der Waals surface area contributed by atoms with Crippen LogP contribution in [0.3, 0.4) is 0 Å². The summed E-state index contributed by atoms with van der Waals surface area (Å²) in [7, 11) is 1.83. The highest BCUT2D eigenvalue weighted by Crippen LogP contribution is 2.26. The van der Waals surface area contributed by atoms with Gasteiger partial charge in [0.15, 0.2) is 5.65 Å². The molecule has 1 saturated heterocycles. The molecule has 5 rings (SSSR count). The summed E-state index contributed by atoms with van der Waals surface area (Å²) in [6, 6.07) is 21.8. The fraction of sp³-hybridized carbons (Fsp3) is 0.286. The van der Waals surface area contributed by atoms with Crippen molar-refractivity contribution < 1.29 is 9.59 Å². The number of aromatic nitrogens is 3. The van der Waals surface area contributed by atoms with Crippen molar-refractivity contribution >= 4 is 28.5 Å². The van der Waals surface area contributed by atoms with Gasteiger partial charge in [-0.25, -0.2) is 4.98 Å². The number of benzene rings is 2. The van der Waals surface area contributed by atoms with Gasteiger partial charge in [0.25, 0.3) is 5.91 Å². The average Bonchev–Trinajstić information content (AvgIpc) is 3.22. The van der Waals surface area contributed by atoms with Crippen LogP contribution in [0.25, 0.3) is 22.3 Å². The molecule has 36 heavy (non-hydrogen) atoms. The minimum absolute atomic E-state index is 0.0606. The van der Waals surface area contributed by atoms with Crippen molar-refractivity contribution in [3.8, 4) is 11.3 Å². The number of hydrogen-bond acceptors (Lipinski definition) is 5. The van der Waals surface area contributed by atoms with Gasteiger partial charge in [-0.1, -0.05) is 48.5 Å². The highest BCUT2D eigenvalue weighted by molar-refractivity contribution is 6.07. The van der Waals surface area contributed by atoms with Gasteiger partial charge in [0.2, 0.25) is 5.91 Å². The topological polar surface area (TPSA) is 83.4 Å². The molecule has 1 fully saturated rings. The number of para-hydroxylation sites is 1. The third kappa shape index (κ3) is 4.79. The molecule has 0 radical (unpaired) electrons. The number of nitrogens with one attached hydrogen (secondary N) is 1. The second-order valence-corrected chi connectivity index (χ2v) is 9.04. The minimum Gasteiger partial charge on any atom is -0.368 e. The second kappa shape index (κ2) is 10.2. The molecule has 2 aromatic heterocycles. The van der Waals surface area contributed by atoms with E-state index in [1.54, 1.807) is 4.68 Å². The zero-order valence-corrected chi connectivity index (χ0v) is 20.6. The predicted octanol–water partition coefficient (Wildman–Crippen LogP) is 3.41. The van der Waals surface area contributed by atoms with E-state index >= 15 is 0 Å². The summed E-state index contributed by atoms with van der Waals surface area (Å²) in [5.74, 6) is -0.164. The number of anilines is 1. The number of piperazine rings is 1. The molecule has 8 heteroatoms. The quantitative estimate of drug-likeness (QED) is 0.455. The Bertz CT molecular complexity index is 1380. The van der Waals surface area contributed by atoms with Gasteiger partial charge >= 0.3 is 0 Å². The number of pyridine rings is 1. The summed E-state index contributed by atoms with van der Waals surface area (Å²) < 4.78 is 1.70. The van der Waals surface area contributed by atoms with Crippen molar-refractivity contribution in [2.24, 2.45) is 7.05 Å². The van der Waals surface area contributed by atoms with Crippen molar-refractivity contribution in [2.45, 2.75) is 13.3 Å². The minimum atomic E-state index is -0.225. The summed E-state index contributed by atoms with van der Waals surface area (Å²) in [6.45, 7) is 5.13. The lowest BCUT2D eigenvalue weighted by atomic mass is 10.0. The maximum Gasteiger partial charge on any atom is 0.252 e. The lowest BCUT2D eigenvalue weighted by Gasteiger charge is -2.36. The molecule has 8 nitrogen and oxygen atoms in total.